The van der Waals surface area contributed by atoms with Gasteiger partial charge in [-0.3, -0.25) is 4.79 Å². The first kappa shape index (κ1) is 15.4. The molecule has 4 rings (SSSR count). The Morgan fingerprint density at radius 2 is 2.08 bits per heavy atom. The first-order valence-corrected chi connectivity index (χ1v) is 8.35. The van der Waals surface area contributed by atoms with E-state index in [9.17, 15) is 4.79 Å². The summed E-state index contributed by atoms with van der Waals surface area (Å²) in [6.07, 6.45) is 4.22. The molecule has 2 aromatic heterocycles. The summed E-state index contributed by atoms with van der Waals surface area (Å²) in [7, 11) is 1.63. The maximum Gasteiger partial charge on any atom is 0.251 e. The van der Waals surface area contributed by atoms with Gasteiger partial charge in [0.2, 0.25) is 5.95 Å². The molecule has 0 bridgehead atoms. The Hall–Kier alpha value is -3.09. The van der Waals surface area contributed by atoms with Crippen LogP contribution in [0.4, 0.5) is 17.5 Å². The minimum absolute atomic E-state index is 0.0926. The fourth-order valence-electron chi connectivity index (χ4n) is 2.79. The number of H-pyrrole nitrogens is 1. The maximum absolute atomic E-state index is 11.8. The first-order chi connectivity index (χ1) is 12.1. The molecule has 7 nitrogen and oxygen atoms in total. The van der Waals surface area contributed by atoms with Crippen molar-refractivity contribution in [1.29, 1.82) is 0 Å². The largest absolute Gasteiger partial charge is 0.365 e. The third-order valence-corrected chi connectivity index (χ3v) is 4.28. The van der Waals surface area contributed by atoms with E-state index in [-0.39, 0.29) is 5.91 Å². The topological polar surface area (TPSA) is 94.7 Å². The molecule has 0 saturated heterocycles. The minimum atomic E-state index is -0.0926. The number of nitrogens with one attached hydrogen (secondary N) is 4. The Morgan fingerprint density at radius 3 is 2.80 bits per heavy atom. The number of carbonyl (C=O) groups is 1. The molecular formula is C18H20N6O. The normalized spacial score (nSPS) is 13.7. The molecule has 0 aliphatic heterocycles. The van der Waals surface area contributed by atoms with Gasteiger partial charge in [0.25, 0.3) is 5.91 Å². The Bertz CT molecular complexity index is 944. The van der Waals surface area contributed by atoms with Crippen LogP contribution < -0.4 is 16.0 Å². The number of hydrogen-bond acceptors (Lipinski definition) is 5. The first-order valence-electron chi connectivity index (χ1n) is 8.35. The third kappa shape index (κ3) is 3.13. The van der Waals surface area contributed by atoms with E-state index >= 15 is 0 Å². The van der Waals surface area contributed by atoms with E-state index in [1.165, 1.54) is 12.8 Å². The summed E-state index contributed by atoms with van der Waals surface area (Å²) in [4.78, 5) is 24.2. The molecule has 1 amide bonds. The predicted octanol–water partition coefficient (Wildman–Crippen LogP) is 2.94. The lowest BCUT2D eigenvalue weighted by atomic mass is 10.1. The lowest BCUT2D eigenvalue weighted by Crippen LogP contribution is -2.18. The van der Waals surface area contributed by atoms with Gasteiger partial charge in [-0.2, -0.15) is 4.98 Å². The summed E-state index contributed by atoms with van der Waals surface area (Å²) in [6.45, 7) is 1.91. The van der Waals surface area contributed by atoms with E-state index in [1.54, 1.807) is 13.1 Å². The molecule has 0 atom stereocenters. The number of rotatable bonds is 5. The van der Waals surface area contributed by atoms with Crippen LogP contribution in [0.3, 0.4) is 0 Å². The zero-order chi connectivity index (χ0) is 17.4. The average molecular weight is 336 g/mol. The van der Waals surface area contributed by atoms with Crippen molar-refractivity contribution in [2.75, 3.05) is 17.7 Å². The molecular weight excluding hydrogens is 316 g/mol. The molecule has 2 heterocycles. The second-order valence-corrected chi connectivity index (χ2v) is 6.29. The van der Waals surface area contributed by atoms with Crippen LogP contribution in [-0.4, -0.2) is 33.9 Å². The minimum Gasteiger partial charge on any atom is -0.365 e. The van der Waals surface area contributed by atoms with Crippen LogP contribution in [0.15, 0.2) is 30.5 Å². The van der Waals surface area contributed by atoms with Crippen molar-refractivity contribution >= 4 is 34.4 Å². The average Bonchev–Trinajstić information content (AvgIpc) is 3.28. The van der Waals surface area contributed by atoms with Crippen molar-refractivity contribution in [2.24, 2.45) is 0 Å². The number of carbonyl (C=O) groups excluding carboxylic acids is 1. The van der Waals surface area contributed by atoms with Crippen molar-refractivity contribution in [3.05, 3.63) is 41.6 Å². The summed E-state index contributed by atoms with van der Waals surface area (Å²) < 4.78 is 0. The van der Waals surface area contributed by atoms with Crippen molar-refractivity contribution < 1.29 is 4.79 Å². The van der Waals surface area contributed by atoms with E-state index in [1.807, 2.05) is 31.3 Å². The summed E-state index contributed by atoms with van der Waals surface area (Å²) in [5.41, 5.74) is 4.18. The van der Waals surface area contributed by atoms with Crippen LogP contribution in [-0.2, 0) is 0 Å². The smallest absolute Gasteiger partial charge is 0.251 e. The summed E-state index contributed by atoms with van der Waals surface area (Å²) in [6, 6.07) is 8.01. The zero-order valence-corrected chi connectivity index (χ0v) is 14.2. The molecule has 1 saturated carbocycles. The van der Waals surface area contributed by atoms with Crippen molar-refractivity contribution in [1.82, 2.24) is 20.3 Å². The van der Waals surface area contributed by atoms with Gasteiger partial charge in [0.05, 0.1) is 5.52 Å². The molecule has 4 N–H and O–H groups in total. The number of anilines is 3. The molecule has 1 aliphatic rings. The quantitative estimate of drug-likeness (QED) is 0.575. The molecule has 25 heavy (non-hydrogen) atoms. The molecule has 0 radical (unpaired) electrons. The van der Waals surface area contributed by atoms with E-state index < -0.39 is 0 Å². The highest BCUT2D eigenvalue weighted by atomic mass is 16.1. The maximum atomic E-state index is 11.8. The summed E-state index contributed by atoms with van der Waals surface area (Å²) >= 11 is 0. The number of aromatic nitrogens is 3. The van der Waals surface area contributed by atoms with E-state index in [4.69, 9.17) is 0 Å². The fraction of sp³-hybridized carbons (Fsp3) is 0.278. The standard InChI is InChI=1S/C18H20N6O/c1-10-9-12(5-6-13(10)17(25)19-2)22-18-23-14-7-8-20-15(14)16(24-18)21-11-3-4-11/h5-9,11,20H,3-4H2,1-2H3,(H,19,25)(H2,21,22,23,24). The lowest BCUT2D eigenvalue weighted by Gasteiger charge is -2.11. The van der Waals surface area contributed by atoms with Crippen LogP contribution in [0.25, 0.3) is 11.0 Å². The monoisotopic (exact) mass is 336 g/mol. The molecule has 1 fully saturated rings. The Labute approximate surface area is 145 Å². The Morgan fingerprint density at radius 1 is 1.24 bits per heavy atom. The predicted molar refractivity (Wildman–Crippen MR) is 98.4 cm³/mol. The second kappa shape index (κ2) is 6.08. The van der Waals surface area contributed by atoms with Gasteiger partial charge in [0.15, 0.2) is 5.82 Å². The van der Waals surface area contributed by atoms with Gasteiger partial charge < -0.3 is 20.9 Å². The van der Waals surface area contributed by atoms with Crippen LogP contribution in [0.2, 0.25) is 0 Å². The van der Waals surface area contributed by atoms with Crippen molar-refractivity contribution in [3.8, 4) is 0 Å². The summed E-state index contributed by atoms with van der Waals surface area (Å²) in [5, 5.41) is 9.32. The number of nitrogens with zero attached hydrogens (tertiary/aromatic N) is 2. The van der Waals surface area contributed by atoms with Crippen LogP contribution in [0, 0.1) is 6.92 Å². The number of amides is 1. The van der Waals surface area contributed by atoms with Crippen LogP contribution in [0.5, 0.6) is 0 Å². The van der Waals surface area contributed by atoms with Crippen molar-refractivity contribution in [2.45, 2.75) is 25.8 Å². The molecule has 0 unspecified atom stereocenters. The molecule has 3 aromatic rings. The number of aromatic amines is 1. The molecule has 0 spiro atoms. The van der Waals surface area contributed by atoms with E-state index in [0.29, 0.717) is 17.6 Å². The number of fused-ring (bicyclic) bond motifs is 1. The van der Waals surface area contributed by atoms with E-state index in [2.05, 4.69) is 30.9 Å². The molecule has 7 heteroatoms. The van der Waals surface area contributed by atoms with Gasteiger partial charge >= 0.3 is 0 Å². The highest BCUT2D eigenvalue weighted by molar-refractivity contribution is 5.96. The third-order valence-electron chi connectivity index (χ3n) is 4.28. The van der Waals surface area contributed by atoms with E-state index in [0.717, 1.165) is 28.1 Å². The summed E-state index contributed by atoms with van der Waals surface area (Å²) in [5.74, 6) is 1.26. The lowest BCUT2D eigenvalue weighted by molar-refractivity contribution is 0.0962. The number of benzene rings is 1. The van der Waals surface area contributed by atoms with Crippen molar-refractivity contribution in [3.63, 3.8) is 0 Å². The second-order valence-electron chi connectivity index (χ2n) is 6.29. The molecule has 128 valence electrons. The Kier molecular flexibility index (Phi) is 3.76. The van der Waals surface area contributed by atoms with Gasteiger partial charge in [-0.1, -0.05) is 0 Å². The van der Waals surface area contributed by atoms with Crippen LogP contribution in [0.1, 0.15) is 28.8 Å². The van der Waals surface area contributed by atoms with Crippen LogP contribution >= 0.6 is 0 Å². The van der Waals surface area contributed by atoms with Gasteiger partial charge in [0, 0.05) is 30.5 Å². The van der Waals surface area contributed by atoms with Gasteiger partial charge in [-0.05, 0) is 49.6 Å². The fourth-order valence-corrected chi connectivity index (χ4v) is 2.79. The van der Waals surface area contributed by atoms with Gasteiger partial charge in [-0.25, -0.2) is 4.98 Å². The highest BCUT2D eigenvalue weighted by Gasteiger charge is 2.23. The molecule has 1 aliphatic carbocycles. The number of hydrogen-bond donors (Lipinski definition) is 4. The van der Waals surface area contributed by atoms with Gasteiger partial charge in [0.1, 0.15) is 5.52 Å². The zero-order valence-electron chi connectivity index (χ0n) is 14.2. The highest BCUT2D eigenvalue weighted by Crippen LogP contribution is 2.29. The number of aryl methyl sites for hydroxylation is 1. The Balaban J connectivity index is 1.63. The molecule has 1 aromatic carbocycles. The SMILES string of the molecule is CNC(=O)c1ccc(Nc2nc(NC3CC3)c3[nH]ccc3n2)cc1C. The van der Waals surface area contributed by atoms with Gasteiger partial charge in [-0.15, -0.1) is 0 Å².